The van der Waals surface area contributed by atoms with E-state index in [0.29, 0.717) is 28.5 Å². The first kappa shape index (κ1) is 17.1. The van der Waals surface area contributed by atoms with Gasteiger partial charge in [-0.1, -0.05) is 0 Å². The van der Waals surface area contributed by atoms with E-state index in [1.165, 1.54) is 12.1 Å². The highest BCUT2D eigenvalue weighted by molar-refractivity contribution is 5.93. The molecule has 136 valence electrons. The number of carbonyl (C=O) groups excluding carboxylic acids is 1. The fourth-order valence-electron chi connectivity index (χ4n) is 2.81. The number of anilines is 2. The fraction of sp³-hybridized carbons (Fsp3) is 0.200. The number of halogens is 1. The number of nitrogens with one attached hydrogen (secondary N) is 1. The van der Waals surface area contributed by atoms with E-state index in [2.05, 4.69) is 20.3 Å². The summed E-state index contributed by atoms with van der Waals surface area (Å²) in [4.78, 5) is 25.0. The van der Waals surface area contributed by atoms with Gasteiger partial charge in [0.2, 0.25) is 5.91 Å². The van der Waals surface area contributed by atoms with Crippen LogP contribution in [0, 0.1) is 18.7 Å². The minimum atomic E-state index is -0.461. The third kappa shape index (κ3) is 3.62. The molecule has 1 aliphatic rings. The van der Waals surface area contributed by atoms with Gasteiger partial charge in [0.1, 0.15) is 11.6 Å². The molecular weight excluding hydrogens is 345 g/mol. The minimum Gasteiger partial charge on any atom is -0.396 e. The summed E-state index contributed by atoms with van der Waals surface area (Å²) in [7, 11) is 0. The van der Waals surface area contributed by atoms with E-state index in [0.717, 1.165) is 18.4 Å². The van der Waals surface area contributed by atoms with E-state index >= 15 is 0 Å². The Labute approximate surface area is 155 Å². The molecule has 0 atom stereocenters. The topological polar surface area (TPSA) is 93.8 Å². The van der Waals surface area contributed by atoms with Crippen LogP contribution in [0.2, 0.25) is 0 Å². The molecule has 6 nitrogen and oxygen atoms in total. The number of aromatic nitrogens is 3. The highest BCUT2D eigenvalue weighted by Crippen LogP contribution is 2.31. The Kier molecular flexibility index (Phi) is 4.27. The molecule has 4 rings (SSSR count). The van der Waals surface area contributed by atoms with Crippen molar-refractivity contribution in [1.29, 1.82) is 0 Å². The zero-order chi connectivity index (χ0) is 19.0. The standard InChI is InChI=1S/C20H18FN5O/c1-11-8-15(21)16(22)10-14(11)19-24-7-5-17(25-19)13-4-6-23-18(9-13)26-20(27)12-2-3-12/h4-10,12H,2-3,22H2,1H3,(H,23,26,27). The number of carbonyl (C=O) groups is 1. The van der Waals surface area contributed by atoms with Gasteiger partial charge in [-0.3, -0.25) is 4.79 Å². The lowest BCUT2D eigenvalue weighted by molar-refractivity contribution is -0.117. The molecule has 0 unspecified atom stereocenters. The Morgan fingerprint density at radius 3 is 2.74 bits per heavy atom. The predicted octanol–water partition coefficient (Wildman–Crippen LogP) is 3.58. The maximum atomic E-state index is 13.6. The van der Waals surface area contributed by atoms with Crippen LogP contribution in [-0.2, 0) is 4.79 Å². The van der Waals surface area contributed by atoms with Crippen molar-refractivity contribution in [2.75, 3.05) is 11.1 Å². The number of hydrogen-bond donors (Lipinski definition) is 2. The lowest BCUT2D eigenvalue weighted by Crippen LogP contribution is -2.14. The molecule has 3 N–H and O–H groups in total. The Bertz CT molecular complexity index is 1030. The van der Waals surface area contributed by atoms with Gasteiger partial charge in [0.25, 0.3) is 0 Å². The van der Waals surface area contributed by atoms with Crippen LogP contribution in [0.5, 0.6) is 0 Å². The molecule has 27 heavy (non-hydrogen) atoms. The van der Waals surface area contributed by atoms with Gasteiger partial charge in [0.15, 0.2) is 5.82 Å². The summed E-state index contributed by atoms with van der Waals surface area (Å²) in [6.07, 6.45) is 5.13. The van der Waals surface area contributed by atoms with Crippen LogP contribution in [0.25, 0.3) is 22.6 Å². The molecule has 1 amide bonds. The number of nitrogen functional groups attached to an aromatic ring is 1. The van der Waals surface area contributed by atoms with Crippen molar-refractivity contribution in [1.82, 2.24) is 15.0 Å². The molecule has 2 aromatic heterocycles. The molecule has 0 bridgehead atoms. The summed E-state index contributed by atoms with van der Waals surface area (Å²) < 4.78 is 13.6. The highest BCUT2D eigenvalue weighted by atomic mass is 19.1. The van der Waals surface area contributed by atoms with Crippen LogP contribution in [0.3, 0.4) is 0 Å². The second kappa shape index (κ2) is 6.75. The Morgan fingerprint density at radius 2 is 1.96 bits per heavy atom. The van der Waals surface area contributed by atoms with E-state index < -0.39 is 5.82 Å². The van der Waals surface area contributed by atoms with Gasteiger partial charge < -0.3 is 11.1 Å². The number of aryl methyl sites for hydroxylation is 1. The van der Waals surface area contributed by atoms with Gasteiger partial charge in [-0.05, 0) is 55.7 Å². The minimum absolute atomic E-state index is 0.000406. The maximum absolute atomic E-state index is 13.6. The summed E-state index contributed by atoms with van der Waals surface area (Å²) in [6, 6.07) is 8.27. The Hall–Kier alpha value is -3.35. The Balaban J connectivity index is 1.67. The number of nitrogens with zero attached hydrogens (tertiary/aromatic N) is 3. The van der Waals surface area contributed by atoms with Crippen LogP contribution >= 0.6 is 0 Å². The maximum Gasteiger partial charge on any atom is 0.228 e. The molecule has 0 saturated heterocycles. The van der Waals surface area contributed by atoms with Crippen molar-refractivity contribution in [2.45, 2.75) is 19.8 Å². The SMILES string of the molecule is Cc1cc(F)c(N)cc1-c1nccc(-c2ccnc(NC(=O)C3CC3)c2)n1. The lowest BCUT2D eigenvalue weighted by atomic mass is 10.1. The lowest BCUT2D eigenvalue weighted by Gasteiger charge is -2.09. The molecular formula is C20H18FN5O. The summed E-state index contributed by atoms with van der Waals surface area (Å²) in [6.45, 7) is 1.78. The molecule has 0 aliphatic heterocycles. The van der Waals surface area contributed by atoms with Gasteiger partial charge in [-0.25, -0.2) is 19.3 Å². The third-order valence-electron chi connectivity index (χ3n) is 4.50. The molecule has 0 radical (unpaired) electrons. The largest absolute Gasteiger partial charge is 0.396 e. The third-order valence-corrected chi connectivity index (χ3v) is 4.50. The molecule has 1 aliphatic carbocycles. The zero-order valence-electron chi connectivity index (χ0n) is 14.7. The van der Waals surface area contributed by atoms with E-state index in [-0.39, 0.29) is 17.5 Å². The highest BCUT2D eigenvalue weighted by Gasteiger charge is 2.29. The second-order valence-electron chi connectivity index (χ2n) is 6.65. The normalized spacial score (nSPS) is 13.4. The number of rotatable bonds is 4. The van der Waals surface area contributed by atoms with Gasteiger partial charge in [-0.2, -0.15) is 0 Å². The zero-order valence-corrected chi connectivity index (χ0v) is 14.7. The first-order valence-electron chi connectivity index (χ1n) is 8.67. The molecule has 1 saturated carbocycles. The molecule has 2 heterocycles. The van der Waals surface area contributed by atoms with Crippen LogP contribution in [0.15, 0.2) is 42.7 Å². The van der Waals surface area contributed by atoms with Crippen molar-refractivity contribution in [2.24, 2.45) is 5.92 Å². The van der Waals surface area contributed by atoms with Crippen LogP contribution in [0.4, 0.5) is 15.9 Å². The summed E-state index contributed by atoms with van der Waals surface area (Å²) in [5.74, 6) is 0.592. The summed E-state index contributed by atoms with van der Waals surface area (Å²) in [5, 5.41) is 2.83. The van der Waals surface area contributed by atoms with E-state index in [1.807, 2.05) is 6.07 Å². The van der Waals surface area contributed by atoms with Crippen LogP contribution in [0.1, 0.15) is 18.4 Å². The smallest absolute Gasteiger partial charge is 0.228 e. The number of nitrogens with two attached hydrogens (primary N) is 1. The Morgan fingerprint density at radius 1 is 1.19 bits per heavy atom. The van der Waals surface area contributed by atoms with Crippen LogP contribution < -0.4 is 11.1 Å². The van der Waals surface area contributed by atoms with Crippen molar-refractivity contribution in [3.05, 3.63) is 54.1 Å². The first-order chi connectivity index (χ1) is 13.0. The molecule has 0 spiro atoms. The van der Waals surface area contributed by atoms with Gasteiger partial charge >= 0.3 is 0 Å². The van der Waals surface area contributed by atoms with Gasteiger partial charge in [-0.15, -0.1) is 0 Å². The van der Waals surface area contributed by atoms with Crippen molar-refractivity contribution in [3.8, 4) is 22.6 Å². The summed E-state index contributed by atoms with van der Waals surface area (Å²) >= 11 is 0. The van der Waals surface area contributed by atoms with Crippen LogP contribution in [-0.4, -0.2) is 20.9 Å². The molecule has 1 aromatic carbocycles. The summed E-state index contributed by atoms with van der Waals surface area (Å²) in [5.41, 5.74) is 8.59. The second-order valence-corrected chi connectivity index (χ2v) is 6.65. The first-order valence-corrected chi connectivity index (χ1v) is 8.67. The van der Waals surface area contributed by atoms with Gasteiger partial charge in [0.05, 0.1) is 11.4 Å². The molecule has 1 fully saturated rings. The van der Waals surface area contributed by atoms with Crippen molar-refractivity contribution >= 4 is 17.4 Å². The molecule has 7 heteroatoms. The number of pyridine rings is 1. The predicted molar refractivity (Wildman–Crippen MR) is 101 cm³/mol. The van der Waals surface area contributed by atoms with E-state index in [9.17, 15) is 9.18 Å². The monoisotopic (exact) mass is 363 g/mol. The average Bonchev–Trinajstić information content (AvgIpc) is 3.50. The quantitative estimate of drug-likeness (QED) is 0.691. The van der Waals surface area contributed by atoms with Gasteiger partial charge in [0, 0.05) is 29.4 Å². The van der Waals surface area contributed by atoms with Crippen molar-refractivity contribution in [3.63, 3.8) is 0 Å². The number of hydrogen-bond acceptors (Lipinski definition) is 5. The number of benzene rings is 1. The number of amides is 1. The van der Waals surface area contributed by atoms with Crippen molar-refractivity contribution < 1.29 is 9.18 Å². The average molecular weight is 363 g/mol. The fourth-order valence-corrected chi connectivity index (χ4v) is 2.81. The van der Waals surface area contributed by atoms with E-state index in [1.54, 1.807) is 31.5 Å². The molecule has 3 aromatic rings. The van der Waals surface area contributed by atoms with E-state index in [4.69, 9.17) is 5.73 Å².